The van der Waals surface area contributed by atoms with E-state index in [1.807, 2.05) is 54.7 Å². The van der Waals surface area contributed by atoms with Gasteiger partial charge in [-0.2, -0.15) is 5.21 Å². The fourth-order valence-corrected chi connectivity index (χ4v) is 2.64. The van der Waals surface area contributed by atoms with Crippen LogP contribution in [0, 0.1) is 0 Å². The molecule has 2 aromatic heterocycles. The van der Waals surface area contributed by atoms with Crippen LogP contribution in [0.4, 0.5) is 5.69 Å². The van der Waals surface area contributed by atoms with E-state index in [0.717, 1.165) is 27.7 Å². The van der Waals surface area contributed by atoms with Crippen molar-refractivity contribution in [3.8, 4) is 11.4 Å². The first kappa shape index (κ1) is 14.1. The highest BCUT2D eigenvalue weighted by atomic mass is 16.1. The molecule has 118 valence electrons. The third kappa shape index (κ3) is 2.74. The number of nitrogens with zero attached hydrogens (tertiary/aromatic N) is 3. The molecule has 7 nitrogen and oxygen atoms in total. The van der Waals surface area contributed by atoms with E-state index in [2.05, 4.69) is 30.9 Å². The van der Waals surface area contributed by atoms with E-state index in [0.29, 0.717) is 12.2 Å². The first-order valence-corrected chi connectivity index (χ1v) is 7.48. The number of hydrogen-bond acceptors (Lipinski definition) is 4. The van der Waals surface area contributed by atoms with Gasteiger partial charge in [0.15, 0.2) is 0 Å². The SMILES string of the molecule is O=C(Cc1c[nH]c2ccccc12)Nc1ccc(-c2nn[nH]n2)cc1. The van der Waals surface area contributed by atoms with Gasteiger partial charge in [-0.3, -0.25) is 4.79 Å². The molecule has 0 saturated carbocycles. The van der Waals surface area contributed by atoms with E-state index in [-0.39, 0.29) is 5.91 Å². The minimum absolute atomic E-state index is 0.0629. The number of tetrazole rings is 1. The van der Waals surface area contributed by atoms with Gasteiger partial charge >= 0.3 is 0 Å². The Labute approximate surface area is 137 Å². The van der Waals surface area contributed by atoms with Crippen molar-refractivity contribution < 1.29 is 4.79 Å². The zero-order chi connectivity index (χ0) is 16.4. The second-order valence-corrected chi connectivity index (χ2v) is 5.40. The topological polar surface area (TPSA) is 99.4 Å². The maximum Gasteiger partial charge on any atom is 0.228 e. The van der Waals surface area contributed by atoms with E-state index in [4.69, 9.17) is 0 Å². The molecule has 0 bridgehead atoms. The predicted molar refractivity (Wildman–Crippen MR) is 90.2 cm³/mol. The fraction of sp³-hybridized carbons (Fsp3) is 0.0588. The van der Waals surface area contributed by atoms with Crippen molar-refractivity contribution in [1.29, 1.82) is 0 Å². The average molecular weight is 318 g/mol. The Hall–Kier alpha value is -3.48. The minimum Gasteiger partial charge on any atom is -0.361 e. The van der Waals surface area contributed by atoms with Crippen LogP contribution < -0.4 is 5.32 Å². The largest absolute Gasteiger partial charge is 0.361 e. The summed E-state index contributed by atoms with van der Waals surface area (Å²) in [5.74, 6) is 0.457. The smallest absolute Gasteiger partial charge is 0.228 e. The lowest BCUT2D eigenvalue weighted by Gasteiger charge is -2.05. The molecule has 0 fully saturated rings. The number of hydrogen-bond donors (Lipinski definition) is 3. The lowest BCUT2D eigenvalue weighted by molar-refractivity contribution is -0.115. The Kier molecular flexibility index (Phi) is 3.51. The van der Waals surface area contributed by atoms with Crippen molar-refractivity contribution in [2.24, 2.45) is 0 Å². The van der Waals surface area contributed by atoms with Crippen molar-refractivity contribution >= 4 is 22.5 Å². The molecule has 0 unspecified atom stereocenters. The third-order valence-electron chi connectivity index (χ3n) is 3.80. The number of carbonyl (C=O) groups is 1. The quantitative estimate of drug-likeness (QED) is 0.538. The number of anilines is 1. The van der Waals surface area contributed by atoms with Crippen LogP contribution in [0.2, 0.25) is 0 Å². The number of carbonyl (C=O) groups excluding carboxylic acids is 1. The van der Waals surface area contributed by atoms with Crippen molar-refractivity contribution in [2.45, 2.75) is 6.42 Å². The molecule has 0 spiro atoms. The summed E-state index contributed by atoms with van der Waals surface area (Å²) in [6.07, 6.45) is 2.19. The number of nitrogens with one attached hydrogen (secondary N) is 3. The number of aromatic amines is 2. The van der Waals surface area contributed by atoms with Crippen LogP contribution in [0.15, 0.2) is 54.7 Å². The van der Waals surface area contributed by atoms with E-state index in [9.17, 15) is 4.79 Å². The highest BCUT2D eigenvalue weighted by Crippen LogP contribution is 2.20. The molecule has 0 radical (unpaired) electrons. The Morgan fingerprint density at radius 3 is 2.71 bits per heavy atom. The molecular weight excluding hydrogens is 304 g/mol. The monoisotopic (exact) mass is 318 g/mol. The summed E-state index contributed by atoms with van der Waals surface area (Å²) in [6, 6.07) is 15.2. The van der Waals surface area contributed by atoms with Gasteiger partial charge in [0.05, 0.1) is 6.42 Å². The van der Waals surface area contributed by atoms with Crippen LogP contribution >= 0.6 is 0 Å². The second-order valence-electron chi connectivity index (χ2n) is 5.40. The Balaban J connectivity index is 1.46. The minimum atomic E-state index is -0.0629. The molecule has 4 rings (SSSR count). The molecule has 7 heteroatoms. The first-order valence-electron chi connectivity index (χ1n) is 7.48. The van der Waals surface area contributed by atoms with Crippen molar-refractivity contribution in [3.63, 3.8) is 0 Å². The molecular formula is C17H14N6O. The lowest BCUT2D eigenvalue weighted by atomic mass is 10.1. The predicted octanol–water partition coefficient (Wildman–Crippen LogP) is 2.53. The van der Waals surface area contributed by atoms with Crippen LogP contribution in [0.5, 0.6) is 0 Å². The van der Waals surface area contributed by atoms with Gasteiger partial charge in [0.1, 0.15) is 0 Å². The van der Waals surface area contributed by atoms with E-state index < -0.39 is 0 Å². The standard InChI is InChI=1S/C17H14N6O/c24-16(9-12-10-18-15-4-2-1-3-14(12)15)19-13-7-5-11(6-8-13)17-20-22-23-21-17/h1-8,10,18H,9H2,(H,19,24)(H,20,21,22,23). The molecule has 1 amide bonds. The highest BCUT2D eigenvalue weighted by molar-refractivity contribution is 5.95. The lowest BCUT2D eigenvalue weighted by Crippen LogP contribution is -2.14. The van der Waals surface area contributed by atoms with Gasteiger partial charge in [-0.15, -0.1) is 10.2 Å². The number of amides is 1. The average Bonchev–Trinajstić information content (AvgIpc) is 3.26. The molecule has 2 heterocycles. The van der Waals surface area contributed by atoms with Gasteiger partial charge in [-0.05, 0) is 41.1 Å². The van der Waals surface area contributed by atoms with Crippen LogP contribution in [-0.2, 0) is 11.2 Å². The molecule has 2 aromatic carbocycles. The first-order chi connectivity index (χ1) is 11.8. The maximum absolute atomic E-state index is 12.3. The molecule has 24 heavy (non-hydrogen) atoms. The summed E-state index contributed by atoms with van der Waals surface area (Å²) >= 11 is 0. The van der Waals surface area contributed by atoms with Crippen LogP contribution in [0.3, 0.4) is 0 Å². The number of rotatable bonds is 4. The summed E-state index contributed by atoms with van der Waals surface area (Å²) in [5.41, 5.74) is 3.57. The van der Waals surface area contributed by atoms with Gasteiger partial charge in [-0.25, -0.2) is 0 Å². The number of benzene rings is 2. The second kappa shape index (κ2) is 5.96. The third-order valence-corrected chi connectivity index (χ3v) is 3.80. The number of aromatic nitrogens is 5. The van der Waals surface area contributed by atoms with E-state index in [1.165, 1.54) is 0 Å². The van der Waals surface area contributed by atoms with Crippen LogP contribution in [0.25, 0.3) is 22.3 Å². The number of fused-ring (bicyclic) bond motifs is 1. The number of H-pyrrole nitrogens is 2. The molecule has 0 aliphatic heterocycles. The summed E-state index contributed by atoms with van der Waals surface area (Å²) in [7, 11) is 0. The van der Waals surface area contributed by atoms with Gasteiger partial charge < -0.3 is 10.3 Å². The molecule has 0 saturated heterocycles. The van der Waals surface area contributed by atoms with Gasteiger partial charge in [0.2, 0.25) is 11.7 Å². The molecule has 0 aliphatic carbocycles. The normalized spacial score (nSPS) is 10.8. The van der Waals surface area contributed by atoms with E-state index >= 15 is 0 Å². The van der Waals surface area contributed by atoms with E-state index in [1.54, 1.807) is 0 Å². The molecule has 0 aliphatic rings. The van der Waals surface area contributed by atoms with Crippen molar-refractivity contribution in [2.75, 3.05) is 5.32 Å². The summed E-state index contributed by atoms with van der Waals surface area (Å²) < 4.78 is 0. The van der Waals surface area contributed by atoms with Gasteiger partial charge in [0.25, 0.3) is 0 Å². The highest BCUT2D eigenvalue weighted by Gasteiger charge is 2.09. The van der Waals surface area contributed by atoms with Gasteiger partial charge in [-0.1, -0.05) is 18.2 Å². The fourth-order valence-electron chi connectivity index (χ4n) is 2.64. The van der Waals surface area contributed by atoms with Gasteiger partial charge in [0, 0.05) is 28.4 Å². The maximum atomic E-state index is 12.3. The zero-order valence-electron chi connectivity index (χ0n) is 12.7. The van der Waals surface area contributed by atoms with Crippen LogP contribution in [-0.4, -0.2) is 31.5 Å². The molecule has 0 atom stereocenters. The zero-order valence-corrected chi connectivity index (χ0v) is 12.7. The molecule has 3 N–H and O–H groups in total. The summed E-state index contributed by atoms with van der Waals surface area (Å²) in [4.78, 5) is 15.5. The summed E-state index contributed by atoms with van der Waals surface area (Å²) in [5, 5.41) is 17.7. The Morgan fingerprint density at radius 1 is 1.08 bits per heavy atom. The van der Waals surface area contributed by atoms with Crippen molar-refractivity contribution in [1.82, 2.24) is 25.6 Å². The number of para-hydroxylation sites is 1. The Morgan fingerprint density at radius 2 is 1.92 bits per heavy atom. The Bertz CT molecular complexity index is 972. The molecule has 4 aromatic rings. The van der Waals surface area contributed by atoms with Crippen molar-refractivity contribution in [3.05, 3.63) is 60.3 Å². The summed E-state index contributed by atoms with van der Waals surface area (Å²) in [6.45, 7) is 0. The van der Waals surface area contributed by atoms with Crippen LogP contribution in [0.1, 0.15) is 5.56 Å².